The Morgan fingerprint density at radius 1 is 1.22 bits per heavy atom. The van der Waals surface area contributed by atoms with Crippen molar-refractivity contribution < 1.29 is 27.3 Å². The minimum absolute atomic E-state index is 0.00772. The Hall–Kier alpha value is -1.45. The molecule has 1 fully saturated rings. The summed E-state index contributed by atoms with van der Waals surface area (Å²) in [7, 11) is -0.873. The molecule has 0 radical (unpaired) electrons. The highest BCUT2D eigenvalue weighted by molar-refractivity contribution is 8.13. The lowest BCUT2D eigenvalue weighted by atomic mass is 9.77. The van der Waals surface area contributed by atoms with Crippen LogP contribution >= 0.6 is 11.8 Å². The molecule has 1 aliphatic rings. The van der Waals surface area contributed by atoms with Gasteiger partial charge in [-0.25, -0.2) is 0 Å². The number of nitrogens with two attached hydrogens (primary N) is 1. The number of benzene rings is 1. The molecule has 4 nitrogen and oxygen atoms in total. The molecule has 9 heteroatoms. The van der Waals surface area contributed by atoms with E-state index in [1.54, 1.807) is 0 Å². The molecule has 1 aliphatic heterocycles. The number of anilines is 1. The van der Waals surface area contributed by atoms with Gasteiger partial charge in [-0.1, -0.05) is 23.9 Å². The Morgan fingerprint density at radius 2 is 1.78 bits per heavy atom. The zero-order valence-corrected chi connectivity index (χ0v) is 16.8. The van der Waals surface area contributed by atoms with E-state index in [2.05, 4.69) is 0 Å². The van der Waals surface area contributed by atoms with Crippen LogP contribution in [0.15, 0.2) is 23.7 Å². The van der Waals surface area contributed by atoms with Crippen molar-refractivity contribution in [2.75, 3.05) is 11.5 Å². The number of rotatable bonds is 4. The lowest BCUT2D eigenvalue weighted by molar-refractivity contribution is -0.137. The molecule has 0 atom stereocenters. The first-order valence-corrected chi connectivity index (χ1v) is 9.38. The Bertz CT molecular complexity index is 747. The van der Waals surface area contributed by atoms with E-state index in [9.17, 15) is 18.0 Å². The third kappa shape index (κ3) is 4.89. The quantitative estimate of drug-likeness (QED) is 0.591. The van der Waals surface area contributed by atoms with Gasteiger partial charge in [-0.2, -0.15) is 13.2 Å². The van der Waals surface area contributed by atoms with Crippen LogP contribution in [0.3, 0.4) is 0 Å². The minimum atomic E-state index is -4.56. The number of hydrogen-bond donors (Lipinski definition) is 1. The van der Waals surface area contributed by atoms with Crippen molar-refractivity contribution in [1.82, 2.24) is 0 Å². The maximum absolute atomic E-state index is 13.4. The maximum Gasteiger partial charge on any atom is 0.491 e. The van der Waals surface area contributed by atoms with E-state index >= 15 is 0 Å². The van der Waals surface area contributed by atoms with E-state index in [1.807, 2.05) is 27.7 Å². The number of carbonyl (C=O) groups excluding carboxylic acids is 1. The van der Waals surface area contributed by atoms with Gasteiger partial charge in [0.1, 0.15) is 0 Å². The summed E-state index contributed by atoms with van der Waals surface area (Å²) >= 11 is 0.976. The SMILES string of the molecule is CC(=O)SCC(=Cc1c(N)cccc1C(F)(F)F)B1OC(C)(C)C(C)(C)O1. The van der Waals surface area contributed by atoms with Crippen LogP contribution in [0, 0.1) is 0 Å². The molecule has 148 valence electrons. The van der Waals surface area contributed by atoms with Gasteiger partial charge < -0.3 is 15.0 Å². The van der Waals surface area contributed by atoms with Gasteiger partial charge in [0.05, 0.1) is 16.8 Å². The van der Waals surface area contributed by atoms with E-state index in [0.29, 0.717) is 5.47 Å². The monoisotopic (exact) mass is 401 g/mol. The van der Waals surface area contributed by atoms with E-state index in [-0.39, 0.29) is 22.1 Å². The molecule has 1 aromatic rings. The van der Waals surface area contributed by atoms with Crippen molar-refractivity contribution in [3.63, 3.8) is 0 Å². The van der Waals surface area contributed by atoms with E-state index in [1.165, 1.54) is 25.1 Å². The second-order valence-corrected chi connectivity index (χ2v) is 8.55. The van der Waals surface area contributed by atoms with Crippen LogP contribution < -0.4 is 5.73 Å². The molecule has 1 heterocycles. The summed E-state index contributed by atoms with van der Waals surface area (Å²) < 4.78 is 52.1. The van der Waals surface area contributed by atoms with Gasteiger partial charge in [-0.3, -0.25) is 4.79 Å². The molecule has 2 N–H and O–H groups in total. The molecule has 0 unspecified atom stereocenters. The Morgan fingerprint density at radius 3 is 2.26 bits per heavy atom. The predicted molar refractivity (Wildman–Crippen MR) is 103 cm³/mol. The zero-order valence-electron chi connectivity index (χ0n) is 15.9. The third-order valence-electron chi connectivity index (χ3n) is 4.77. The first-order valence-electron chi connectivity index (χ1n) is 8.40. The van der Waals surface area contributed by atoms with Crippen molar-refractivity contribution in [2.24, 2.45) is 0 Å². The lowest BCUT2D eigenvalue weighted by Crippen LogP contribution is -2.41. The first kappa shape index (κ1) is 21.9. The van der Waals surface area contributed by atoms with Crippen molar-refractivity contribution in [3.8, 4) is 0 Å². The van der Waals surface area contributed by atoms with Crippen LogP contribution in [0.2, 0.25) is 0 Å². The summed E-state index contributed by atoms with van der Waals surface area (Å²) in [6.07, 6.45) is -3.23. The summed E-state index contributed by atoms with van der Waals surface area (Å²) in [5, 5.41) is -0.158. The number of thioether (sulfide) groups is 1. The van der Waals surface area contributed by atoms with Crippen LogP contribution in [0.4, 0.5) is 18.9 Å². The number of alkyl halides is 3. The van der Waals surface area contributed by atoms with E-state index in [4.69, 9.17) is 15.0 Å². The molecular formula is C18H23BF3NO3S. The van der Waals surface area contributed by atoms with Gasteiger partial charge in [0.2, 0.25) is 0 Å². The summed E-state index contributed by atoms with van der Waals surface area (Å²) in [5.41, 5.74) is 3.92. The van der Waals surface area contributed by atoms with E-state index < -0.39 is 30.1 Å². The molecule has 1 saturated heterocycles. The summed E-state index contributed by atoms with van der Waals surface area (Å²) in [5.74, 6) is 0.137. The third-order valence-corrected chi connectivity index (χ3v) is 5.66. The first-order chi connectivity index (χ1) is 12.2. The average Bonchev–Trinajstić information content (AvgIpc) is 2.71. The summed E-state index contributed by atoms with van der Waals surface area (Å²) in [6, 6.07) is 3.64. The molecule has 0 amide bonds. The molecule has 0 saturated carbocycles. The average molecular weight is 401 g/mol. The van der Waals surface area contributed by atoms with Gasteiger partial charge in [-0.05, 0) is 45.3 Å². The Labute approximate surface area is 161 Å². The highest BCUT2D eigenvalue weighted by Crippen LogP contribution is 2.41. The Kier molecular flexibility index (Phi) is 6.09. The van der Waals surface area contributed by atoms with E-state index in [0.717, 1.165) is 17.8 Å². The van der Waals surface area contributed by atoms with Crippen molar-refractivity contribution in [1.29, 1.82) is 0 Å². The fraction of sp³-hybridized carbons (Fsp3) is 0.500. The van der Waals surface area contributed by atoms with Gasteiger partial charge in [0.25, 0.3) is 0 Å². The fourth-order valence-electron chi connectivity index (χ4n) is 2.53. The fourth-order valence-corrected chi connectivity index (χ4v) is 3.12. The summed E-state index contributed by atoms with van der Waals surface area (Å²) in [4.78, 5) is 11.4. The van der Waals surface area contributed by atoms with Crippen LogP contribution in [0.25, 0.3) is 6.08 Å². The van der Waals surface area contributed by atoms with Crippen LogP contribution in [0.5, 0.6) is 0 Å². The maximum atomic E-state index is 13.4. The molecule has 0 aliphatic carbocycles. The van der Waals surface area contributed by atoms with Gasteiger partial charge in [0, 0.05) is 23.9 Å². The van der Waals surface area contributed by atoms with Crippen LogP contribution in [0.1, 0.15) is 45.7 Å². The second-order valence-electron chi connectivity index (χ2n) is 7.39. The predicted octanol–water partition coefficient (Wildman–Crippen LogP) is 4.58. The van der Waals surface area contributed by atoms with Gasteiger partial charge in [0.15, 0.2) is 5.12 Å². The topological polar surface area (TPSA) is 61.6 Å². The normalized spacial score (nSPS) is 19.4. The lowest BCUT2D eigenvalue weighted by Gasteiger charge is -2.32. The highest BCUT2D eigenvalue weighted by atomic mass is 32.2. The molecule has 2 rings (SSSR count). The van der Waals surface area contributed by atoms with Crippen molar-refractivity contribution in [2.45, 2.75) is 52.0 Å². The molecular weight excluding hydrogens is 378 g/mol. The molecule has 0 bridgehead atoms. The number of carbonyl (C=O) groups is 1. The van der Waals surface area contributed by atoms with Crippen LogP contribution in [-0.2, 0) is 20.3 Å². The highest BCUT2D eigenvalue weighted by Gasteiger charge is 2.52. The van der Waals surface area contributed by atoms with Crippen molar-refractivity contribution in [3.05, 3.63) is 34.8 Å². The number of nitrogen functional groups attached to an aromatic ring is 1. The number of hydrogen-bond acceptors (Lipinski definition) is 5. The molecule has 0 spiro atoms. The standard InChI is InChI=1S/C18H23BF3NO3S/c1-11(24)27-10-12(19-25-16(2,3)17(4,5)26-19)9-13-14(18(20,21)22)7-6-8-15(13)23/h6-9H,10,23H2,1-5H3. The minimum Gasteiger partial charge on any atom is -0.400 e. The van der Waals surface area contributed by atoms with Gasteiger partial charge >= 0.3 is 13.3 Å². The van der Waals surface area contributed by atoms with Gasteiger partial charge in [-0.15, -0.1) is 0 Å². The smallest absolute Gasteiger partial charge is 0.400 e. The summed E-state index contributed by atoms with van der Waals surface area (Å²) in [6.45, 7) is 8.79. The molecule has 0 aromatic heterocycles. The van der Waals surface area contributed by atoms with Crippen molar-refractivity contribution >= 4 is 35.8 Å². The second kappa shape index (κ2) is 7.52. The Balaban J connectivity index is 2.52. The number of halogens is 3. The molecule has 27 heavy (non-hydrogen) atoms. The molecule has 1 aromatic carbocycles. The largest absolute Gasteiger partial charge is 0.491 e. The zero-order chi connectivity index (χ0) is 20.6. The van der Waals surface area contributed by atoms with Crippen LogP contribution in [-0.4, -0.2) is 29.2 Å².